The van der Waals surface area contributed by atoms with Gasteiger partial charge in [0, 0.05) is 5.39 Å². The number of rotatable bonds is 3. The van der Waals surface area contributed by atoms with Crippen molar-refractivity contribution in [2.24, 2.45) is 0 Å². The van der Waals surface area contributed by atoms with Crippen molar-refractivity contribution < 1.29 is 24.5 Å². The highest BCUT2D eigenvalue weighted by Crippen LogP contribution is 2.31. The highest BCUT2D eigenvalue weighted by atomic mass is 16.5. The zero-order valence-corrected chi connectivity index (χ0v) is 9.51. The number of aromatic carboxylic acids is 2. The Morgan fingerprint density at radius 3 is 2.33 bits per heavy atom. The number of ether oxygens (including phenoxy) is 1. The number of carboxylic acid groups (broad SMARTS) is 2. The highest BCUT2D eigenvalue weighted by molar-refractivity contribution is 6.13. The summed E-state index contributed by atoms with van der Waals surface area (Å²) in [6.45, 7) is 0. The number of carbonyl (C=O) groups is 2. The van der Waals surface area contributed by atoms with Crippen LogP contribution in [0.15, 0.2) is 30.3 Å². The fourth-order valence-electron chi connectivity index (χ4n) is 1.92. The van der Waals surface area contributed by atoms with Gasteiger partial charge in [0.15, 0.2) is 0 Å². The summed E-state index contributed by atoms with van der Waals surface area (Å²) in [5.41, 5.74) is -0.503. The SMILES string of the molecule is COc1cccc2ccc(C(=O)O)c(C(=O)O)c12. The number of benzene rings is 2. The highest BCUT2D eigenvalue weighted by Gasteiger charge is 2.21. The third-order valence-electron chi connectivity index (χ3n) is 2.67. The van der Waals surface area contributed by atoms with Gasteiger partial charge < -0.3 is 14.9 Å². The van der Waals surface area contributed by atoms with Gasteiger partial charge in [0.2, 0.25) is 0 Å². The summed E-state index contributed by atoms with van der Waals surface area (Å²) in [6.07, 6.45) is 0. The molecule has 5 heteroatoms. The van der Waals surface area contributed by atoms with Crippen molar-refractivity contribution in [2.45, 2.75) is 0 Å². The standard InChI is InChI=1S/C13H10O5/c1-18-9-4-2-3-7-5-6-8(12(14)15)11(10(7)9)13(16)17/h2-6H,1H3,(H,14,15)(H,16,17). The number of methoxy groups -OCH3 is 1. The number of hydrogen-bond donors (Lipinski definition) is 2. The van der Waals surface area contributed by atoms with Crippen molar-refractivity contribution in [2.75, 3.05) is 7.11 Å². The second-order valence-corrected chi connectivity index (χ2v) is 3.66. The Balaban J connectivity index is 2.96. The van der Waals surface area contributed by atoms with Gasteiger partial charge in [0.25, 0.3) is 0 Å². The Morgan fingerprint density at radius 2 is 1.78 bits per heavy atom. The van der Waals surface area contributed by atoms with E-state index < -0.39 is 11.9 Å². The number of carboxylic acids is 2. The molecular weight excluding hydrogens is 236 g/mol. The Hall–Kier alpha value is -2.56. The summed E-state index contributed by atoms with van der Waals surface area (Å²) in [5, 5.41) is 19.2. The van der Waals surface area contributed by atoms with E-state index in [9.17, 15) is 14.7 Å². The molecular formula is C13H10O5. The van der Waals surface area contributed by atoms with Crippen LogP contribution in [0.5, 0.6) is 5.75 Å². The average Bonchev–Trinajstić information content (AvgIpc) is 2.36. The van der Waals surface area contributed by atoms with Crippen molar-refractivity contribution in [1.29, 1.82) is 0 Å². The third-order valence-corrected chi connectivity index (χ3v) is 2.67. The molecule has 0 radical (unpaired) electrons. The molecule has 2 rings (SSSR count). The average molecular weight is 246 g/mol. The van der Waals surface area contributed by atoms with Crippen LogP contribution < -0.4 is 4.74 Å². The normalized spacial score (nSPS) is 10.3. The molecule has 0 saturated carbocycles. The first kappa shape index (κ1) is 11.9. The van der Waals surface area contributed by atoms with E-state index in [1.165, 1.54) is 13.2 Å². The van der Waals surface area contributed by atoms with Gasteiger partial charge in [-0.1, -0.05) is 18.2 Å². The fourth-order valence-corrected chi connectivity index (χ4v) is 1.92. The lowest BCUT2D eigenvalue weighted by Crippen LogP contribution is -2.09. The van der Waals surface area contributed by atoms with Gasteiger partial charge in [0.1, 0.15) is 5.75 Å². The minimum atomic E-state index is -1.29. The molecule has 0 aliphatic carbocycles. The maximum absolute atomic E-state index is 11.3. The molecule has 0 unspecified atom stereocenters. The number of hydrogen-bond acceptors (Lipinski definition) is 3. The van der Waals surface area contributed by atoms with Gasteiger partial charge in [-0.25, -0.2) is 9.59 Å². The summed E-state index contributed by atoms with van der Waals surface area (Å²) in [4.78, 5) is 22.4. The molecule has 2 aromatic carbocycles. The van der Waals surface area contributed by atoms with E-state index in [-0.39, 0.29) is 11.1 Å². The van der Waals surface area contributed by atoms with Crippen LogP contribution >= 0.6 is 0 Å². The van der Waals surface area contributed by atoms with Gasteiger partial charge in [-0.2, -0.15) is 0 Å². The zero-order chi connectivity index (χ0) is 13.3. The molecule has 0 fully saturated rings. The first-order valence-corrected chi connectivity index (χ1v) is 5.12. The van der Waals surface area contributed by atoms with Crippen molar-refractivity contribution in [1.82, 2.24) is 0 Å². The van der Waals surface area contributed by atoms with Crippen LogP contribution in [-0.4, -0.2) is 29.3 Å². The molecule has 2 N–H and O–H groups in total. The van der Waals surface area contributed by atoms with E-state index in [1.807, 2.05) is 0 Å². The maximum Gasteiger partial charge on any atom is 0.337 e. The van der Waals surface area contributed by atoms with Crippen LogP contribution in [0.3, 0.4) is 0 Å². The first-order chi connectivity index (χ1) is 8.56. The summed E-state index contributed by atoms with van der Waals surface area (Å²) < 4.78 is 5.10. The van der Waals surface area contributed by atoms with Gasteiger partial charge in [-0.15, -0.1) is 0 Å². The van der Waals surface area contributed by atoms with Crippen LogP contribution in [0, 0.1) is 0 Å². The Morgan fingerprint density at radius 1 is 1.06 bits per heavy atom. The molecule has 2 aromatic rings. The van der Waals surface area contributed by atoms with Crippen LogP contribution in [0.2, 0.25) is 0 Å². The third kappa shape index (κ3) is 1.75. The van der Waals surface area contributed by atoms with E-state index in [0.717, 1.165) is 0 Å². The number of fused-ring (bicyclic) bond motifs is 1. The first-order valence-electron chi connectivity index (χ1n) is 5.12. The molecule has 0 heterocycles. The van der Waals surface area contributed by atoms with Gasteiger partial charge in [-0.3, -0.25) is 0 Å². The topological polar surface area (TPSA) is 83.8 Å². The largest absolute Gasteiger partial charge is 0.496 e. The summed E-state index contributed by atoms with van der Waals surface area (Å²) in [7, 11) is 1.41. The van der Waals surface area contributed by atoms with Crippen molar-refractivity contribution in [3.8, 4) is 5.75 Å². The van der Waals surface area contributed by atoms with Crippen LogP contribution in [-0.2, 0) is 0 Å². The molecule has 0 aliphatic heterocycles. The molecule has 0 amide bonds. The van der Waals surface area contributed by atoms with Crippen LogP contribution in [0.4, 0.5) is 0 Å². The molecule has 0 saturated heterocycles. The lowest BCUT2D eigenvalue weighted by molar-refractivity contribution is 0.0653. The van der Waals surface area contributed by atoms with Crippen molar-refractivity contribution in [3.05, 3.63) is 41.5 Å². The zero-order valence-electron chi connectivity index (χ0n) is 9.51. The monoisotopic (exact) mass is 246 g/mol. The maximum atomic E-state index is 11.3. The Bertz CT molecular complexity index is 645. The molecule has 0 atom stereocenters. The van der Waals surface area contributed by atoms with E-state index >= 15 is 0 Å². The quantitative estimate of drug-likeness (QED) is 0.867. The van der Waals surface area contributed by atoms with Crippen molar-refractivity contribution >= 4 is 22.7 Å². The Kier molecular flexibility index (Phi) is 2.89. The smallest absolute Gasteiger partial charge is 0.337 e. The minimum absolute atomic E-state index is 0.250. The lowest BCUT2D eigenvalue weighted by Gasteiger charge is -2.10. The molecule has 0 aliphatic rings. The lowest BCUT2D eigenvalue weighted by atomic mass is 9.98. The molecule has 5 nitrogen and oxygen atoms in total. The Labute approximate surface area is 102 Å². The summed E-state index contributed by atoms with van der Waals surface area (Å²) in [6, 6.07) is 7.87. The van der Waals surface area contributed by atoms with E-state index in [2.05, 4.69) is 0 Å². The molecule has 18 heavy (non-hydrogen) atoms. The second-order valence-electron chi connectivity index (χ2n) is 3.66. The van der Waals surface area contributed by atoms with Crippen LogP contribution in [0.25, 0.3) is 10.8 Å². The second kappa shape index (κ2) is 4.37. The van der Waals surface area contributed by atoms with Gasteiger partial charge in [-0.05, 0) is 17.5 Å². The van der Waals surface area contributed by atoms with Gasteiger partial charge in [0.05, 0.1) is 18.2 Å². The predicted octanol–water partition coefficient (Wildman–Crippen LogP) is 2.24. The van der Waals surface area contributed by atoms with Crippen LogP contribution in [0.1, 0.15) is 20.7 Å². The molecule has 0 aromatic heterocycles. The van der Waals surface area contributed by atoms with E-state index in [0.29, 0.717) is 16.5 Å². The van der Waals surface area contributed by atoms with E-state index in [1.54, 1.807) is 24.3 Å². The van der Waals surface area contributed by atoms with Gasteiger partial charge >= 0.3 is 11.9 Å². The fraction of sp³-hybridized carbons (Fsp3) is 0.0769. The molecule has 92 valence electrons. The minimum Gasteiger partial charge on any atom is -0.496 e. The van der Waals surface area contributed by atoms with E-state index in [4.69, 9.17) is 9.84 Å². The molecule has 0 bridgehead atoms. The molecule has 0 spiro atoms. The van der Waals surface area contributed by atoms with Crippen molar-refractivity contribution in [3.63, 3.8) is 0 Å². The summed E-state index contributed by atoms with van der Waals surface area (Å²) >= 11 is 0. The predicted molar refractivity (Wildman–Crippen MR) is 64.4 cm³/mol. The summed E-state index contributed by atoms with van der Waals surface area (Å²) in [5.74, 6) is -2.23.